The van der Waals surface area contributed by atoms with E-state index in [1.165, 1.54) is 30.4 Å². The summed E-state index contributed by atoms with van der Waals surface area (Å²) in [5.74, 6) is 0. The molecule has 1 saturated heterocycles. The second-order valence-corrected chi connectivity index (χ2v) is 6.26. The van der Waals surface area contributed by atoms with Crippen molar-refractivity contribution in [2.75, 3.05) is 6.54 Å². The summed E-state index contributed by atoms with van der Waals surface area (Å²) in [5, 5.41) is 10.5. The Morgan fingerprint density at radius 3 is 2.16 bits per heavy atom. The number of hydrogen-bond donors (Lipinski definition) is 1. The zero-order chi connectivity index (χ0) is 14.0. The Balaban J connectivity index is 2.09. The minimum Gasteiger partial charge on any atom is -0.387 e. The van der Waals surface area contributed by atoms with E-state index in [0.29, 0.717) is 12.1 Å². The molecule has 3 atom stereocenters. The molecule has 0 saturated carbocycles. The summed E-state index contributed by atoms with van der Waals surface area (Å²) in [5.41, 5.74) is 3.52. The SMILES string of the molecule is Cc1cc(C)cc(C(O)CN2C(C)CCCC2C)c1. The van der Waals surface area contributed by atoms with Gasteiger partial charge in [0.05, 0.1) is 6.10 Å². The summed E-state index contributed by atoms with van der Waals surface area (Å²) < 4.78 is 0. The Morgan fingerprint density at radius 2 is 1.63 bits per heavy atom. The molecule has 1 aliphatic rings. The van der Waals surface area contributed by atoms with Crippen LogP contribution in [0, 0.1) is 13.8 Å². The smallest absolute Gasteiger partial charge is 0.0917 e. The van der Waals surface area contributed by atoms with Crippen molar-refractivity contribution in [2.24, 2.45) is 0 Å². The zero-order valence-electron chi connectivity index (χ0n) is 12.7. The summed E-state index contributed by atoms with van der Waals surface area (Å²) in [7, 11) is 0. The fraction of sp³-hybridized carbons (Fsp3) is 0.647. The Bertz CT molecular complexity index is 399. The molecule has 1 fully saturated rings. The van der Waals surface area contributed by atoms with Crippen molar-refractivity contribution in [1.29, 1.82) is 0 Å². The molecule has 0 aromatic heterocycles. The van der Waals surface area contributed by atoms with Gasteiger partial charge >= 0.3 is 0 Å². The Morgan fingerprint density at radius 1 is 1.11 bits per heavy atom. The zero-order valence-corrected chi connectivity index (χ0v) is 12.7. The summed E-state index contributed by atoms with van der Waals surface area (Å²) in [6, 6.07) is 7.55. The third-order valence-corrected chi connectivity index (χ3v) is 4.39. The third-order valence-electron chi connectivity index (χ3n) is 4.39. The Labute approximate surface area is 117 Å². The molecule has 3 unspecified atom stereocenters. The average Bonchev–Trinajstić information content (AvgIpc) is 2.32. The molecule has 0 amide bonds. The number of nitrogens with zero attached hydrogens (tertiary/aromatic N) is 1. The van der Waals surface area contributed by atoms with Crippen molar-refractivity contribution >= 4 is 0 Å². The molecule has 19 heavy (non-hydrogen) atoms. The van der Waals surface area contributed by atoms with Crippen LogP contribution < -0.4 is 0 Å². The van der Waals surface area contributed by atoms with Crippen LogP contribution in [0.4, 0.5) is 0 Å². The fourth-order valence-electron chi connectivity index (χ4n) is 3.34. The number of aliphatic hydroxyl groups is 1. The molecule has 0 radical (unpaired) electrons. The van der Waals surface area contributed by atoms with Crippen molar-refractivity contribution in [2.45, 2.75) is 65.1 Å². The molecule has 2 nitrogen and oxygen atoms in total. The average molecular weight is 261 g/mol. The predicted octanol–water partition coefficient (Wildman–Crippen LogP) is 3.60. The summed E-state index contributed by atoms with van der Waals surface area (Å²) in [6.45, 7) is 9.50. The summed E-state index contributed by atoms with van der Waals surface area (Å²) in [6.07, 6.45) is 3.45. The highest BCUT2D eigenvalue weighted by atomic mass is 16.3. The van der Waals surface area contributed by atoms with Gasteiger partial charge in [-0.2, -0.15) is 0 Å². The molecule has 1 aromatic rings. The van der Waals surface area contributed by atoms with Crippen LogP contribution in [0.3, 0.4) is 0 Å². The van der Waals surface area contributed by atoms with Crippen molar-refractivity contribution in [3.63, 3.8) is 0 Å². The van der Waals surface area contributed by atoms with Gasteiger partial charge in [0.1, 0.15) is 0 Å². The van der Waals surface area contributed by atoms with Gasteiger partial charge < -0.3 is 5.11 Å². The van der Waals surface area contributed by atoms with E-state index in [-0.39, 0.29) is 6.10 Å². The number of rotatable bonds is 3. The van der Waals surface area contributed by atoms with Gasteiger partial charge in [0.15, 0.2) is 0 Å². The maximum atomic E-state index is 10.5. The highest BCUT2D eigenvalue weighted by molar-refractivity contribution is 5.30. The van der Waals surface area contributed by atoms with E-state index in [1.54, 1.807) is 0 Å². The highest BCUT2D eigenvalue weighted by Crippen LogP contribution is 2.26. The van der Waals surface area contributed by atoms with Crippen molar-refractivity contribution in [3.8, 4) is 0 Å². The van der Waals surface area contributed by atoms with E-state index in [1.807, 2.05) is 0 Å². The van der Waals surface area contributed by atoms with Crippen LogP contribution in [0.5, 0.6) is 0 Å². The van der Waals surface area contributed by atoms with Crippen LogP contribution in [-0.4, -0.2) is 28.6 Å². The number of benzene rings is 1. The largest absolute Gasteiger partial charge is 0.387 e. The van der Waals surface area contributed by atoms with Crippen LogP contribution in [0.1, 0.15) is 55.9 Å². The van der Waals surface area contributed by atoms with E-state index in [9.17, 15) is 5.11 Å². The van der Waals surface area contributed by atoms with Crippen molar-refractivity contribution in [3.05, 3.63) is 34.9 Å². The van der Waals surface area contributed by atoms with Gasteiger partial charge in [-0.15, -0.1) is 0 Å². The van der Waals surface area contributed by atoms with Crippen LogP contribution in [0.25, 0.3) is 0 Å². The quantitative estimate of drug-likeness (QED) is 0.898. The number of β-amino-alcohol motifs (C(OH)–C–C–N with tert-alkyl or cyclic N) is 1. The predicted molar refractivity (Wildman–Crippen MR) is 80.4 cm³/mol. The molecule has 2 rings (SSSR count). The normalized spacial score (nSPS) is 26.4. The lowest BCUT2D eigenvalue weighted by Gasteiger charge is -2.40. The molecule has 0 spiro atoms. The van der Waals surface area contributed by atoms with Crippen LogP contribution in [0.15, 0.2) is 18.2 Å². The molecule has 1 aliphatic heterocycles. The lowest BCUT2D eigenvalue weighted by Crippen LogP contribution is -2.45. The molecular formula is C17H27NO. The highest BCUT2D eigenvalue weighted by Gasteiger charge is 2.26. The monoisotopic (exact) mass is 261 g/mol. The molecule has 0 bridgehead atoms. The molecular weight excluding hydrogens is 234 g/mol. The first-order valence-corrected chi connectivity index (χ1v) is 7.49. The van der Waals surface area contributed by atoms with Gasteiger partial charge in [0.25, 0.3) is 0 Å². The number of piperidine rings is 1. The number of aliphatic hydroxyl groups excluding tert-OH is 1. The van der Waals surface area contributed by atoms with Crippen molar-refractivity contribution < 1.29 is 5.11 Å². The number of hydrogen-bond acceptors (Lipinski definition) is 2. The molecule has 2 heteroatoms. The maximum Gasteiger partial charge on any atom is 0.0917 e. The first-order chi connectivity index (χ1) is 8.97. The first-order valence-electron chi connectivity index (χ1n) is 7.49. The number of likely N-dealkylation sites (tertiary alicyclic amines) is 1. The van der Waals surface area contributed by atoms with Gasteiger partial charge in [0.2, 0.25) is 0 Å². The molecule has 1 heterocycles. The third kappa shape index (κ3) is 3.58. The molecule has 1 N–H and O–H groups in total. The van der Waals surface area contributed by atoms with E-state index in [4.69, 9.17) is 0 Å². The lowest BCUT2D eigenvalue weighted by atomic mass is 9.95. The van der Waals surface area contributed by atoms with Crippen LogP contribution in [-0.2, 0) is 0 Å². The second-order valence-electron chi connectivity index (χ2n) is 6.26. The van der Waals surface area contributed by atoms with Crippen molar-refractivity contribution in [1.82, 2.24) is 4.90 Å². The standard InChI is InChI=1S/C17H27NO/c1-12-8-13(2)10-16(9-12)17(19)11-18-14(3)6-5-7-15(18)4/h8-10,14-15,17,19H,5-7,11H2,1-4H3. The van der Waals surface area contributed by atoms with Gasteiger partial charge in [-0.25, -0.2) is 0 Å². The lowest BCUT2D eigenvalue weighted by molar-refractivity contribution is 0.0411. The molecule has 1 aromatic carbocycles. The van der Waals surface area contributed by atoms with E-state index in [2.05, 4.69) is 50.8 Å². The van der Waals surface area contributed by atoms with E-state index < -0.39 is 0 Å². The van der Waals surface area contributed by atoms with Crippen LogP contribution >= 0.6 is 0 Å². The topological polar surface area (TPSA) is 23.5 Å². The number of aryl methyl sites for hydroxylation is 2. The fourth-order valence-corrected chi connectivity index (χ4v) is 3.34. The molecule has 0 aliphatic carbocycles. The van der Waals surface area contributed by atoms with E-state index >= 15 is 0 Å². The summed E-state index contributed by atoms with van der Waals surface area (Å²) >= 11 is 0. The van der Waals surface area contributed by atoms with Gasteiger partial charge in [-0.3, -0.25) is 4.90 Å². The van der Waals surface area contributed by atoms with Crippen LogP contribution in [0.2, 0.25) is 0 Å². The first kappa shape index (κ1) is 14.5. The van der Waals surface area contributed by atoms with Gasteiger partial charge in [-0.1, -0.05) is 35.7 Å². The van der Waals surface area contributed by atoms with Gasteiger partial charge in [-0.05, 0) is 46.1 Å². The minimum absolute atomic E-state index is 0.374. The Kier molecular flexibility index (Phi) is 4.64. The maximum absolute atomic E-state index is 10.5. The molecule has 106 valence electrons. The second kappa shape index (κ2) is 6.06. The minimum atomic E-state index is -0.374. The summed E-state index contributed by atoms with van der Waals surface area (Å²) in [4.78, 5) is 2.46. The Hall–Kier alpha value is -0.860. The van der Waals surface area contributed by atoms with E-state index in [0.717, 1.165) is 12.1 Å². The van der Waals surface area contributed by atoms with Gasteiger partial charge in [0, 0.05) is 18.6 Å².